The lowest BCUT2D eigenvalue weighted by molar-refractivity contribution is -0.116. The van der Waals surface area contributed by atoms with Gasteiger partial charge in [-0.2, -0.15) is 4.98 Å². The Morgan fingerprint density at radius 1 is 1.23 bits per heavy atom. The molecular weight excluding hydrogens is 410 g/mol. The quantitative estimate of drug-likeness (QED) is 0.600. The smallest absolute Gasteiger partial charge is 0.337 e. The molecule has 156 valence electrons. The second-order valence-electron chi connectivity index (χ2n) is 6.54. The summed E-state index contributed by atoms with van der Waals surface area (Å²) in [5.41, 5.74) is 0.944. The maximum atomic E-state index is 12.8. The number of anilines is 2. The fraction of sp³-hybridized carbons (Fsp3) is 0.316. The number of nitrogens with one attached hydrogen (secondary N) is 1. The number of esters is 1. The maximum absolute atomic E-state index is 12.8. The van der Waals surface area contributed by atoms with Crippen molar-refractivity contribution in [2.45, 2.75) is 6.54 Å². The standard InChI is InChI=1S/C19H19N5O5S/c1-28-18(27)12-2-4-13(5-3-12)21-14(25)10-24-11-20-16-15(17(24)26)30-19(22-16)23-6-8-29-9-7-23/h2-5,11H,6-10H2,1H3,(H,21,25). The third-order valence-electron chi connectivity index (χ3n) is 4.56. The molecule has 3 aromatic rings. The number of rotatable bonds is 5. The second kappa shape index (κ2) is 8.59. The Kier molecular flexibility index (Phi) is 5.72. The zero-order valence-electron chi connectivity index (χ0n) is 16.2. The fourth-order valence-corrected chi connectivity index (χ4v) is 4.02. The Balaban J connectivity index is 1.47. The molecule has 1 aliphatic heterocycles. The van der Waals surface area contributed by atoms with Crippen molar-refractivity contribution in [1.29, 1.82) is 0 Å². The van der Waals surface area contributed by atoms with Gasteiger partial charge in [-0.3, -0.25) is 14.2 Å². The van der Waals surface area contributed by atoms with Gasteiger partial charge < -0.3 is 19.7 Å². The predicted molar refractivity (Wildman–Crippen MR) is 111 cm³/mol. The van der Waals surface area contributed by atoms with Crippen molar-refractivity contribution in [3.8, 4) is 0 Å². The van der Waals surface area contributed by atoms with Gasteiger partial charge in [0.2, 0.25) is 5.91 Å². The van der Waals surface area contributed by atoms with Crippen LogP contribution in [0.15, 0.2) is 35.4 Å². The molecule has 0 unspecified atom stereocenters. The molecule has 1 N–H and O–H groups in total. The molecule has 0 atom stereocenters. The van der Waals surface area contributed by atoms with Gasteiger partial charge in [-0.05, 0) is 24.3 Å². The summed E-state index contributed by atoms with van der Waals surface area (Å²) in [5.74, 6) is -0.846. The molecular formula is C19H19N5O5S. The van der Waals surface area contributed by atoms with E-state index in [2.05, 4.69) is 24.9 Å². The van der Waals surface area contributed by atoms with Gasteiger partial charge in [-0.15, -0.1) is 0 Å². The van der Waals surface area contributed by atoms with Crippen LogP contribution in [0.5, 0.6) is 0 Å². The summed E-state index contributed by atoms with van der Waals surface area (Å²) in [6.07, 6.45) is 1.33. The van der Waals surface area contributed by atoms with E-state index in [0.29, 0.717) is 47.9 Å². The average molecular weight is 429 g/mol. The highest BCUT2D eigenvalue weighted by Gasteiger charge is 2.18. The van der Waals surface area contributed by atoms with E-state index in [1.54, 1.807) is 24.3 Å². The topological polar surface area (TPSA) is 116 Å². The van der Waals surface area contributed by atoms with Crippen molar-refractivity contribution < 1.29 is 19.1 Å². The van der Waals surface area contributed by atoms with E-state index in [1.807, 2.05) is 0 Å². The molecule has 0 radical (unpaired) electrons. The molecule has 11 heteroatoms. The molecule has 2 aromatic heterocycles. The highest BCUT2D eigenvalue weighted by Crippen LogP contribution is 2.25. The first-order valence-corrected chi connectivity index (χ1v) is 10.0. The first-order chi connectivity index (χ1) is 14.5. The zero-order valence-corrected chi connectivity index (χ0v) is 17.0. The Bertz CT molecular complexity index is 1130. The number of carbonyl (C=O) groups is 2. The van der Waals surface area contributed by atoms with Gasteiger partial charge in [0.15, 0.2) is 10.8 Å². The van der Waals surface area contributed by atoms with E-state index < -0.39 is 5.97 Å². The molecule has 0 spiro atoms. The van der Waals surface area contributed by atoms with Gasteiger partial charge in [-0.1, -0.05) is 11.3 Å². The minimum atomic E-state index is -0.459. The van der Waals surface area contributed by atoms with Gasteiger partial charge >= 0.3 is 5.97 Å². The minimum absolute atomic E-state index is 0.189. The summed E-state index contributed by atoms with van der Waals surface area (Å²) in [7, 11) is 1.30. The summed E-state index contributed by atoms with van der Waals surface area (Å²) >= 11 is 1.27. The average Bonchev–Trinajstić information content (AvgIpc) is 3.21. The number of hydrogen-bond acceptors (Lipinski definition) is 9. The zero-order chi connectivity index (χ0) is 21.1. The number of amides is 1. The predicted octanol–water partition coefficient (Wildman–Crippen LogP) is 1.11. The number of hydrogen-bond donors (Lipinski definition) is 1. The van der Waals surface area contributed by atoms with E-state index in [4.69, 9.17) is 4.74 Å². The minimum Gasteiger partial charge on any atom is -0.465 e. The molecule has 1 aromatic carbocycles. The summed E-state index contributed by atoms with van der Waals surface area (Å²) < 4.78 is 11.6. The maximum Gasteiger partial charge on any atom is 0.337 e. The number of thiazole rings is 1. The van der Waals surface area contributed by atoms with Crippen molar-refractivity contribution in [2.24, 2.45) is 0 Å². The summed E-state index contributed by atoms with van der Waals surface area (Å²) in [5, 5.41) is 3.42. The van der Waals surface area contributed by atoms with Gasteiger partial charge in [0.1, 0.15) is 17.6 Å². The van der Waals surface area contributed by atoms with Gasteiger partial charge in [0, 0.05) is 18.8 Å². The van der Waals surface area contributed by atoms with E-state index in [9.17, 15) is 14.4 Å². The number of ether oxygens (including phenoxy) is 2. The molecule has 0 bridgehead atoms. The number of methoxy groups -OCH3 is 1. The van der Waals surface area contributed by atoms with E-state index in [-0.39, 0.29) is 18.0 Å². The van der Waals surface area contributed by atoms with Gasteiger partial charge in [0.25, 0.3) is 5.56 Å². The van der Waals surface area contributed by atoms with Gasteiger partial charge in [-0.25, -0.2) is 9.78 Å². The lowest BCUT2D eigenvalue weighted by Crippen LogP contribution is -2.36. The number of carbonyl (C=O) groups excluding carboxylic acids is 2. The first-order valence-electron chi connectivity index (χ1n) is 9.22. The van der Waals surface area contributed by atoms with Crippen LogP contribution in [0.1, 0.15) is 10.4 Å². The van der Waals surface area contributed by atoms with Crippen molar-refractivity contribution in [3.63, 3.8) is 0 Å². The molecule has 1 aliphatic rings. The highest BCUT2D eigenvalue weighted by atomic mass is 32.1. The summed E-state index contributed by atoms with van der Waals surface area (Å²) in [6, 6.07) is 6.27. The number of fused-ring (bicyclic) bond motifs is 1. The van der Waals surface area contributed by atoms with Crippen LogP contribution in [-0.2, 0) is 20.8 Å². The van der Waals surface area contributed by atoms with Gasteiger partial charge in [0.05, 0.1) is 25.9 Å². The Hall–Kier alpha value is -3.31. The lowest BCUT2D eigenvalue weighted by atomic mass is 10.2. The molecule has 1 fully saturated rings. The lowest BCUT2D eigenvalue weighted by Gasteiger charge is -2.25. The SMILES string of the molecule is COC(=O)c1ccc(NC(=O)Cn2cnc3nc(N4CCOCC4)sc3c2=O)cc1. The summed E-state index contributed by atoms with van der Waals surface area (Å²) in [4.78, 5) is 47.4. The third kappa shape index (κ3) is 4.16. The monoisotopic (exact) mass is 429 g/mol. The largest absolute Gasteiger partial charge is 0.465 e. The molecule has 1 amide bonds. The van der Waals surface area contributed by atoms with Crippen molar-refractivity contribution in [3.05, 3.63) is 46.5 Å². The van der Waals surface area contributed by atoms with Crippen molar-refractivity contribution >= 4 is 44.4 Å². The van der Waals surface area contributed by atoms with Crippen molar-refractivity contribution in [1.82, 2.24) is 14.5 Å². The van der Waals surface area contributed by atoms with Crippen LogP contribution in [0.4, 0.5) is 10.8 Å². The number of benzene rings is 1. The molecule has 30 heavy (non-hydrogen) atoms. The number of nitrogens with zero attached hydrogens (tertiary/aromatic N) is 4. The Labute approximate surface area is 175 Å². The van der Waals surface area contributed by atoms with E-state index in [1.165, 1.54) is 29.3 Å². The van der Waals surface area contributed by atoms with Crippen LogP contribution in [0.2, 0.25) is 0 Å². The van der Waals surface area contributed by atoms with Crippen LogP contribution in [0, 0.1) is 0 Å². The number of morpholine rings is 1. The fourth-order valence-electron chi connectivity index (χ4n) is 3.00. The summed E-state index contributed by atoms with van der Waals surface area (Å²) in [6.45, 7) is 2.48. The molecule has 10 nitrogen and oxygen atoms in total. The molecule has 3 heterocycles. The van der Waals surface area contributed by atoms with Crippen LogP contribution in [-0.4, -0.2) is 59.8 Å². The van der Waals surface area contributed by atoms with Crippen molar-refractivity contribution in [2.75, 3.05) is 43.6 Å². The van der Waals surface area contributed by atoms with Crippen LogP contribution in [0.25, 0.3) is 10.3 Å². The molecule has 0 saturated carbocycles. The molecule has 4 rings (SSSR count). The third-order valence-corrected chi connectivity index (χ3v) is 5.65. The molecule has 0 aliphatic carbocycles. The molecule has 1 saturated heterocycles. The number of aromatic nitrogens is 3. The highest BCUT2D eigenvalue weighted by molar-refractivity contribution is 7.22. The normalized spacial score (nSPS) is 14.0. The van der Waals surface area contributed by atoms with E-state index >= 15 is 0 Å². The first kappa shape index (κ1) is 20.0. The van der Waals surface area contributed by atoms with E-state index in [0.717, 1.165) is 5.13 Å². The second-order valence-corrected chi connectivity index (χ2v) is 7.52. The van der Waals surface area contributed by atoms with Crippen LogP contribution >= 0.6 is 11.3 Å². The Morgan fingerprint density at radius 3 is 2.67 bits per heavy atom. The van der Waals surface area contributed by atoms with Crippen LogP contribution < -0.4 is 15.8 Å². The Morgan fingerprint density at radius 2 is 1.97 bits per heavy atom. The van der Waals surface area contributed by atoms with Crippen LogP contribution in [0.3, 0.4) is 0 Å².